The third-order valence-electron chi connectivity index (χ3n) is 4.29. The normalized spacial score (nSPS) is 17.2. The maximum atomic E-state index is 10.8. The molecule has 2 rings (SSSR count). The lowest BCUT2D eigenvalue weighted by Gasteiger charge is -2.33. The molecule has 21 heavy (non-hydrogen) atoms. The van der Waals surface area contributed by atoms with Gasteiger partial charge in [-0.2, -0.15) is 0 Å². The van der Waals surface area contributed by atoms with Gasteiger partial charge in [-0.05, 0) is 38.0 Å². The minimum atomic E-state index is -0.717. The number of hydrogen-bond acceptors (Lipinski definition) is 3. The van der Waals surface area contributed by atoms with E-state index in [4.69, 9.17) is 5.11 Å². The zero-order valence-electron chi connectivity index (χ0n) is 12.9. The number of likely N-dealkylation sites (tertiary alicyclic amines) is 1. The van der Waals surface area contributed by atoms with Crippen molar-refractivity contribution in [3.8, 4) is 0 Å². The Bertz CT molecular complexity index is 430. The number of benzene rings is 1. The number of aliphatic carboxylic acids is 1. The van der Waals surface area contributed by atoms with Crippen molar-refractivity contribution in [1.29, 1.82) is 0 Å². The lowest BCUT2D eigenvalue weighted by atomic mass is 10.0. The van der Waals surface area contributed by atoms with E-state index in [1.54, 1.807) is 0 Å². The van der Waals surface area contributed by atoms with Gasteiger partial charge in [0.05, 0.1) is 6.42 Å². The van der Waals surface area contributed by atoms with E-state index in [-0.39, 0.29) is 6.42 Å². The molecule has 0 bridgehead atoms. The average molecular weight is 290 g/mol. The van der Waals surface area contributed by atoms with Crippen LogP contribution in [0.4, 0.5) is 0 Å². The van der Waals surface area contributed by atoms with Gasteiger partial charge in [0.1, 0.15) is 0 Å². The highest BCUT2D eigenvalue weighted by Crippen LogP contribution is 2.26. The van der Waals surface area contributed by atoms with Crippen molar-refractivity contribution in [3.63, 3.8) is 0 Å². The van der Waals surface area contributed by atoms with Gasteiger partial charge in [-0.3, -0.25) is 9.69 Å². The van der Waals surface area contributed by atoms with Gasteiger partial charge in [0, 0.05) is 19.1 Å². The van der Waals surface area contributed by atoms with Crippen LogP contribution < -0.4 is 0 Å². The maximum Gasteiger partial charge on any atom is 0.304 e. The topological polar surface area (TPSA) is 43.8 Å². The second-order valence-electron chi connectivity index (χ2n) is 5.71. The van der Waals surface area contributed by atoms with E-state index in [1.807, 2.05) is 6.07 Å². The van der Waals surface area contributed by atoms with Crippen LogP contribution >= 0.6 is 0 Å². The summed E-state index contributed by atoms with van der Waals surface area (Å²) in [6.45, 7) is 6.83. The van der Waals surface area contributed by atoms with Gasteiger partial charge in [-0.25, -0.2) is 0 Å². The quantitative estimate of drug-likeness (QED) is 0.799. The number of carboxylic acid groups (broad SMARTS) is 1. The summed E-state index contributed by atoms with van der Waals surface area (Å²) in [5.41, 5.74) is 1.34. The molecule has 1 aliphatic heterocycles. The van der Waals surface area contributed by atoms with E-state index >= 15 is 0 Å². The zero-order chi connectivity index (χ0) is 15.1. The average Bonchev–Trinajstić information content (AvgIpc) is 3.02. The summed E-state index contributed by atoms with van der Waals surface area (Å²) in [5.74, 6) is -0.717. The van der Waals surface area contributed by atoms with Crippen LogP contribution in [0, 0.1) is 0 Å². The SMILES string of the molecule is CCN(CCC(=O)O)CC(c1ccccc1)N1CCCC1. The van der Waals surface area contributed by atoms with Gasteiger partial charge in [0.2, 0.25) is 0 Å². The molecule has 1 aromatic carbocycles. The van der Waals surface area contributed by atoms with E-state index in [0.717, 1.165) is 26.2 Å². The second-order valence-corrected chi connectivity index (χ2v) is 5.71. The third-order valence-corrected chi connectivity index (χ3v) is 4.29. The summed E-state index contributed by atoms with van der Waals surface area (Å²) >= 11 is 0. The lowest BCUT2D eigenvalue weighted by molar-refractivity contribution is -0.137. The Balaban J connectivity index is 2.05. The summed E-state index contributed by atoms with van der Waals surface area (Å²) in [5, 5.41) is 8.88. The lowest BCUT2D eigenvalue weighted by Crippen LogP contribution is -2.37. The predicted molar refractivity (Wildman–Crippen MR) is 84.4 cm³/mol. The second kappa shape index (κ2) is 8.15. The molecule has 1 unspecified atom stereocenters. The highest BCUT2D eigenvalue weighted by molar-refractivity contribution is 5.66. The number of carboxylic acids is 1. The van der Waals surface area contributed by atoms with E-state index in [2.05, 4.69) is 41.0 Å². The summed E-state index contributed by atoms with van der Waals surface area (Å²) in [7, 11) is 0. The molecule has 1 atom stereocenters. The number of rotatable bonds is 8. The predicted octanol–water partition coefficient (Wildman–Crippen LogP) is 2.62. The van der Waals surface area contributed by atoms with Crippen molar-refractivity contribution in [2.75, 3.05) is 32.7 Å². The molecule has 4 nitrogen and oxygen atoms in total. The van der Waals surface area contributed by atoms with Crippen molar-refractivity contribution in [3.05, 3.63) is 35.9 Å². The summed E-state index contributed by atoms with van der Waals surface area (Å²) < 4.78 is 0. The van der Waals surface area contributed by atoms with Crippen molar-refractivity contribution < 1.29 is 9.90 Å². The van der Waals surface area contributed by atoms with Crippen LogP contribution in [0.3, 0.4) is 0 Å². The Hall–Kier alpha value is -1.39. The first-order valence-electron chi connectivity index (χ1n) is 7.94. The van der Waals surface area contributed by atoms with Gasteiger partial charge in [-0.1, -0.05) is 37.3 Å². The fourth-order valence-electron chi connectivity index (χ4n) is 3.04. The van der Waals surface area contributed by atoms with E-state index in [1.165, 1.54) is 18.4 Å². The van der Waals surface area contributed by atoms with Gasteiger partial charge >= 0.3 is 5.97 Å². The van der Waals surface area contributed by atoms with Crippen molar-refractivity contribution in [2.45, 2.75) is 32.2 Å². The van der Waals surface area contributed by atoms with E-state index in [0.29, 0.717) is 12.6 Å². The Morgan fingerprint density at radius 1 is 1.29 bits per heavy atom. The van der Waals surface area contributed by atoms with Crippen LogP contribution in [-0.4, -0.2) is 53.6 Å². The largest absolute Gasteiger partial charge is 0.481 e. The smallest absolute Gasteiger partial charge is 0.304 e. The highest BCUT2D eigenvalue weighted by atomic mass is 16.4. The van der Waals surface area contributed by atoms with E-state index in [9.17, 15) is 4.79 Å². The molecule has 0 spiro atoms. The molecule has 0 saturated carbocycles. The Morgan fingerprint density at radius 2 is 1.95 bits per heavy atom. The molecule has 4 heteroatoms. The highest BCUT2D eigenvalue weighted by Gasteiger charge is 2.25. The molecule has 0 amide bonds. The molecule has 0 radical (unpaired) electrons. The molecule has 116 valence electrons. The Kier molecular flexibility index (Phi) is 6.21. The fourth-order valence-corrected chi connectivity index (χ4v) is 3.04. The molecule has 1 aromatic rings. The van der Waals surface area contributed by atoms with Crippen molar-refractivity contribution in [1.82, 2.24) is 9.80 Å². The van der Waals surface area contributed by atoms with Crippen LogP contribution in [0.15, 0.2) is 30.3 Å². The van der Waals surface area contributed by atoms with Gasteiger partial charge in [0.25, 0.3) is 0 Å². The minimum absolute atomic E-state index is 0.218. The summed E-state index contributed by atoms with van der Waals surface area (Å²) in [4.78, 5) is 15.6. The molecule has 1 heterocycles. The molecular weight excluding hydrogens is 264 g/mol. The molecule has 1 aliphatic rings. The maximum absolute atomic E-state index is 10.8. The Labute approximate surface area is 127 Å². The molecule has 1 saturated heterocycles. The van der Waals surface area contributed by atoms with Crippen molar-refractivity contribution in [2.24, 2.45) is 0 Å². The Morgan fingerprint density at radius 3 is 2.52 bits per heavy atom. The van der Waals surface area contributed by atoms with Gasteiger partial charge in [-0.15, -0.1) is 0 Å². The van der Waals surface area contributed by atoms with E-state index < -0.39 is 5.97 Å². The molecule has 0 aromatic heterocycles. The van der Waals surface area contributed by atoms with Crippen LogP contribution in [0.1, 0.15) is 37.8 Å². The van der Waals surface area contributed by atoms with Crippen LogP contribution in [0.25, 0.3) is 0 Å². The number of hydrogen-bond donors (Lipinski definition) is 1. The van der Waals surface area contributed by atoms with Gasteiger partial charge in [0.15, 0.2) is 0 Å². The molecule has 1 N–H and O–H groups in total. The fraction of sp³-hybridized carbons (Fsp3) is 0.588. The number of nitrogens with zero attached hydrogens (tertiary/aromatic N) is 2. The summed E-state index contributed by atoms with van der Waals surface area (Å²) in [6, 6.07) is 11.0. The monoisotopic (exact) mass is 290 g/mol. The zero-order valence-corrected chi connectivity index (χ0v) is 12.9. The first kappa shape index (κ1) is 16.0. The minimum Gasteiger partial charge on any atom is -0.481 e. The molecular formula is C17H26N2O2. The van der Waals surface area contributed by atoms with Crippen molar-refractivity contribution >= 4 is 5.97 Å². The first-order chi connectivity index (χ1) is 10.2. The molecule has 0 aliphatic carbocycles. The number of likely N-dealkylation sites (N-methyl/N-ethyl adjacent to an activating group) is 1. The number of carbonyl (C=O) groups is 1. The molecule has 1 fully saturated rings. The first-order valence-corrected chi connectivity index (χ1v) is 7.94. The van der Waals surface area contributed by atoms with Gasteiger partial charge < -0.3 is 10.0 Å². The van der Waals surface area contributed by atoms with Crippen LogP contribution in [-0.2, 0) is 4.79 Å². The summed E-state index contributed by atoms with van der Waals surface area (Å²) in [6.07, 6.45) is 2.75. The van der Waals surface area contributed by atoms with Crippen LogP contribution in [0.5, 0.6) is 0 Å². The van der Waals surface area contributed by atoms with Crippen LogP contribution in [0.2, 0.25) is 0 Å². The standard InChI is InChI=1S/C17H26N2O2/c1-2-18(13-10-17(20)21)14-16(19-11-6-7-12-19)15-8-4-3-5-9-15/h3-5,8-9,16H,2,6-7,10-14H2,1H3,(H,20,21). The third kappa shape index (κ3) is 4.83.